The van der Waals surface area contributed by atoms with Crippen LogP contribution < -0.4 is 0 Å². The molecule has 1 amide bonds. The van der Waals surface area contributed by atoms with E-state index in [1.807, 2.05) is 4.90 Å². The van der Waals surface area contributed by atoms with Crippen molar-refractivity contribution in [2.45, 2.75) is 187 Å². The highest BCUT2D eigenvalue weighted by molar-refractivity contribution is 5.67. The molecule has 0 heterocycles. The van der Waals surface area contributed by atoms with Crippen LogP contribution in [0.2, 0.25) is 0 Å². The molecule has 0 saturated carbocycles. The Bertz CT molecular complexity index is 619. The molecule has 6 nitrogen and oxygen atoms in total. The molecule has 0 unspecified atom stereocenters. The minimum absolute atomic E-state index is 0.0754. The number of methoxy groups -OCH3 is 1. The van der Waals surface area contributed by atoms with E-state index in [2.05, 4.69) is 37.7 Å². The molecule has 0 aromatic rings. The van der Waals surface area contributed by atoms with Gasteiger partial charge in [-0.25, -0.2) is 4.79 Å². The average molecular weight is 668 g/mol. The van der Waals surface area contributed by atoms with Crippen molar-refractivity contribution in [3.8, 4) is 0 Å². The predicted octanol–water partition coefficient (Wildman–Crippen LogP) is 11.5. The van der Waals surface area contributed by atoms with E-state index in [1.54, 1.807) is 7.11 Å². The monoisotopic (exact) mass is 668 g/mol. The first-order valence-corrected chi connectivity index (χ1v) is 20.8. The van der Waals surface area contributed by atoms with Crippen LogP contribution in [0, 0.1) is 0 Å². The van der Waals surface area contributed by atoms with Crippen LogP contribution >= 0.6 is 0 Å². The molecular weight excluding hydrogens is 582 g/mol. The molecule has 0 atom stereocenters. The lowest BCUT2D eigenvalue weighted by molar-refractivity contribution is 0.0989. The van der Waals surface area contributed by atoms with E-state index in [0.29, 0.717) is 6.61 Å². The number of hydrogen-bond acceptors (Lipinski definition) is 5. The molecule has 0 aliphatic rings. The summed E-state index contributed by atoms with van der Waals surface area (Å²) in [5.74, 6) is 0. The Morgan fingerprint density at radius 1 is 0.426 bits per heavy atom. The van der Waals surface area contributed by atoms with E-state index in [-0.39, 0.29) is 6.09 Å². The predicted molar refractivity (Wildman–Crippen MR) is 206 cm³/mol. The summed E-state index contributed by atoms with van der Waals surface area (Å²) in [6, 6.07) is 0. The molecule has 0 aromatic carbocycles. The van der Waals surface area contributed by atoms with Gasteiger partial charge in [-0.05, 0) is 91.6 Å². The van der Waals surface area contributed by atoms with Gasteiger partial charge >= 0.3 is 6.09 Å². The van der Waals surface area contributed by atoms with Crippen LogP contribution in [0.4, 0.5) is 4.79 Å². The fourth-order valence-corrected chi connectivity index (χ4v) is 6.42. The minimum atomic E-state index is -0.0754. The second kappa shape index (κ2) is 38.0. The molecule has 0 aliphatic heterocycles. The summed E-state index contributed by atoms with van der Waals surface area (Å²) in [5.41, 5.74) is 0. The first kappa shape index (κ1) is 46.1. The molecular formula is C41H85N3O3. The summed E-state index contributed by atoms with van der Waals surface area (Å²) < 4.78 is 10.9. The summed E-state index contributed by atoms with van der Waals surface area (Å²) in [4.78, 5) is 19.8. The van der Waals surface area contributed by atoms with Crippen LogP contribution in [0.25, 0.3) is 0 Å². The second-order valence-electron chi connectivity index (χ2n) is 14.6. The largest absolute Gasteiger partial charge is 0.449 e. The first-order chi connectivity index (χ1) is 23.0. The van der Waals surface area contributed by atoms with Gasteiger partial charge in [0.1, 0.15) is 0 Å². The van der Waals surface area contributed by atoms with Crippen molar-refractivity contribution in [3.63, 3.8) is 0 Å². The summed E-state index contributed by atoms with van der Waals surface area (Å²) in [7, 11) is 6.18. The average Bonchev–Trinajstić information content (AvgIpc) is 3.06. The van der Waals surface area contributed by atoms with Crippen molar-refractivity contribution in [1.29, 1.82) is 0 Å². The van der Waals surface area contributed by atoms with Gasteiger partial charge < -0.3 is 24.2 Å². The molecule has 0 rings (SSSR count). The number of unbranched alkanes of at least 4 members (excludes halogenated alkanes) is 22. The highest BCUT2D eigenvalue weighted by atomic mass is 16.6. The highest BCUT2D eigenvalue weighted by Gasteiger charge is 2.14. The van der Waals surface area contributed by atoms with Crippen LogP contribution in [0.15, 0.2) is 0 Å². The Hall–Kier alpha value is -0.850. The van der Waals surface area contributed by atoms with Gasteiger partial charge in [-0.1, -0.05) is 136 Å². The third-order valence-electron chi connectivity index (χ3n) is 9.57. The number of amides is 1. The Balaban J connectivity index is 3.97. The number of ether oxygens (including phenoxy) is 2. The fourth-order valence-electron chi connectivity index (χ4n) is 6.42. The molecule has 0 N–H and O–H groups in total. The lowest BCUT2D eigenvalue weighted by Gasteiger charge is -2.23. The summed E-state index contributed by atoms with van der Waals surface area (Å²) >= 11 is 0. The van der Waals surface area contributed by atoms with Crippen molar-refractivity contribution in [3.05, 3.63) is 0 Å². The molecule has 0 fully saturated rings. The van der Waals surface area contributed by atoms with Gasteiger partial charge in [0.15, 0.2) is 0 Å². The van der Waals surface area contributed by atoms with Crippen molar-refractivity contribution in [2.24, 2.45) is 0 Å². The summed E-state index contributed by atoms with van der Waals surface area (Å²) in [6.07, 6.45) is 34.6. The Morgan fingerprint density at radius 2 is 0.766 bits per heavy atom. The Morgan fingerprint density at radius 3 is 1.21 bits per heavy atom. The van der Waals surface area contributed by atoms with Crippen LogP contribution in [0.1, 0.15) is 187 Å². The summed E-state index contributed by atoms with van der Waals surface area (Å²) in [5, 5.41) is 0. The Labute approximate surface area is 295 Å². The molecule has 0 bridgehead atoms. The maximum absolute atomic E-state index is 12.7. The number of rotatable bonds is 38. The standard InChI is InChI=1S/C41H85N3O3/c1-6-8-10-20-28-38-44(37-27-11-9-7-2)41(45)47-40-32-24-19-14-12-13-16-21-25-34-43(36-30-29-33-42(3)4)35-26-22-17-15-18-23-31-39-46-5/h6-40H2,1-5H3. The van der Waals surface area contributed by atoms with E-state index in [9.17, 15) is 4.79 Å². The molecule has 6 heteroatoms. The zero-order chi connectivity index (χ0) is 34.5. The van der Waals surface area contributed by atoms with Gasteiger partial charge in [-0.3, -0.25) is 0 Å². The zero-order valence-corrected chi connectivity index (χ0v) is 32.8. The van der Waals surface area contributed by atoms with E-state index in [1.165, 1.54) is 180 Å². The second-order valence-corrected chi connectivity index (χ2v) is 14.6. The van der Waals surface area contributed by atoms with Crippen molar-refractivity contribution in [2.75, 3.05) is 73.7 Å². The van der Waals surface area contributed by atoms with E-state index in [4.69, 9.17) is 9.47 Å². The van der Waals surface area contributed by atoms with Gasteiger partial charge in [-0.2, -0.15) is 0 Å². The normalized spacial score (nSPS) is 11.6. The van der Waals surface area contributed by atoms with E-state index in [0.717, 1.165) is 39.0 Å². The summed E-state index contributed by atoms with van der Waals surface area (Å²) in [6.45, 7) is 12.8. The third kappa shape index (κ3) is 34.8. The van der Waals surface area contributed by atoms with Crippen molar-refractivity contribution >= 4 is 6.09 Å². The van der Waals surface area contributed by atoms with Gasteiger partial charge in [0, 0.05) is 26.8 Å². The highest BCUT2D eigenvalue weighted by Crippen LogP contribution is 2.13. The van der Waals surface area contributed by atoms with Crippen LogP contribution in [0.3, 0.4) is 0 Å². The topological polar surface area (TPSA) is 45.3 Å². The maximum Gasteiger partial charge on any atom is 0.409 e. The number of hydrogen-bond donors (Lipinski definition) is 0. The van der Waals surface area contributed by atoms with Crippen LogP contribution in [-0.2, 0) is 9.47 Å². The molecule has 0 spiro atoms. The number of carbonyl (C=O) groups excluding carboxylic acids is 1. The van der Waals surface area contributed by atoms with Crippen molar-refractivity contribution < 1.29 is 14.3 Å². The molecule has 282 valence electrons. The van der Waals surface area contributed by atoms with E-state index >= 15 is 0 Å². The molecule has 0 aliphatic carbocycles. The molecule has 47 heavy (non-hydrogen) atoms. The SMILES string of the molecule is CCCCCCCN(CCCCCC)C(=O)OCCCCCCCCCCCN(CCCCCCCCCOC)CCCCN(C)C. The quantitative estimate of drug-likeness (QED) is 0.0613. The van der Waals surface area contributed by atoms with Crippen LogP contribution in [-0.4, -0.2) is 94.5 Å². The zero-order valence-electron chi connectivity index (χ0n) is 32.8. The minimum Gasteiger partial charge on any atom is -0.449 e. The molecule has 0 saturated heterocycles. The van der Waals surface area contributed by atoms with Crippen LogP contribution in [0.5, 0.6) is 0 Å². The molecule has 0 radical (unpaired) electrons. The number of nitrogens with zero attached hydrogens (tertiary/aromatic N) is 3. The smallest absolute Gasteiger partial charge is 0.409 e. The van der Waals surface area contributed by atoms with E-state index < -0.39 is 0 Å². The van der Waals surface area contributed by atoms with Gasteiger partial charge in [0.25, 0.3) is 0 Å². The lowest BCUT2D eigenvalue weighted by Crippen LogP contribution is -2.33. The fraction of sp³-hybridized carbons (Fsp3) is 0.976. The van der Waals surface area contributed by atoms with Gasteiger partial charge in [0.2, 0.25) is 0 Å². The Kier molecular flexibility index (Phi) is 37.3. The molecule has 0 aromatic heterocycles. The van der Waals surface area contributed by atoms with Gasteiger partial charge in [0.05, 0.1) is 6.61 Å². The third-order valence-corrected chi connectivity index (χ3v) is 9.57. The first-order valence-electron chi connectivity index (χ1n) is 20.8. The van der Waals surface area contributed by atoms with Crippen molar-refractivity contribution in [1.82, 2.24) is 14.7 Å². The maximum atomic E-state index is 12.7. The van der Waals surface area contributed by atoms with Gasteiger partial charge in [-0.15, -0.1) is 0 Å². The number of carbonyl (C=O) groups is 1. The lowest BCUT2D eigenvalue weighted by atomic mass is 10.1.